The van der Waals surface area contributed by atoms with Gasteiger partial charge in [0, 0.05) is 0 Å². The number of thiazole rings is 1. The number of benzene rings is 1. The molecule has 15 heavy (non-hydrogen) atoms. The van der Waals surface area contributed by atoms with E-state index in [0.29, 0.717) is 0 Å². The summed E-state index contributed by atoms with van der Waals surface area (Å²) >= 11 is 1.83. The minimum atomic E-state index is 1.01. The van der Waals surface area contributed by atoms with Crippen molar-refractivity contribution in [3.05, 3.63) is 41.0 Å². The van der Waals surface area contributed by atoms with Gasteiger partial charge in [-0.2, -0.15) is 0 Å². The van der Waals surface area contributed by atoms with Crippen LogP contribution in [-0.4, -0.2) is 4.98 Å². The van der Waals surface area contributed by atoms with Gasteiger partial charge in [0.15, 0.2) is 0 Å². The van der Waals surface area contributed by atoms with Crippen molar-refractivity contribution < 1.29 is 0 Å². The summed E-state index contributed by atoms with van der Waals surface area (Å²) in [6.45, 7) is 4.33. The van der Waals surface area contributed by atoms with Gasteiger partial charge in [0.25, 0.3) is 0 Å². The van der Waals surface area contributed by atoms with Crippen molar-refractivity contribution in [2.45, 2.75) is 26.7 Å². The number of rotatable bonds is 3. The molecule has 0 amide bonds. The van der Waals surface area contributed by atoms with Crippen LogP contribution < -0.4 is 0 Å². The van der Waals surface area contributed by atoms with E-state index in [1.807, 2.05) is 11.3 Å². The lowest BCUT2D eigenvalue weighted by molar-refractivity contribution is 1.00. The van der Waals surface area contributed by atoms with Gasteiger partial charge in [-0.1, -0.05) is 44.2 Å². The summed E-state index contributed by atoms with van der Waals surface area (Å²) in [6.07, 6.45) is 2.05. The predicted octanol–water partition coefficient (Wildman–Crippen LogP) is 3.93. The van der Waals surface area contributed by atoms with Gasteiger partial charge in [-0.05, 0) is 18.4 Å². The van der Waals surface area contributed by atoms with E-state index in [0.717, 1.165) is 12.8 Å². The first kappa shape index (κ1) is 10.4. The molecule has 2 heteroatoms. The lowest BCUT2D eigenvalue weighted by Crippen LogP contribution is -1.84. The van der Waals surface area contributed by atoms with Crippen molar-refractivity contribution in [3.63, 3.8) is 0 Å². The number of hydrogen-bond acceptors (Lipinski definition) is 2. The van der Waals surface area contributed by atoms with Crippen molar-refractivity contribution in [1.29, 1.82) is 0 Å². The summed E-state index contributed by atoms with van der Waals surface area (Å²) in [4.78, 5) is 5.98. The van der Waals surface area contributed by atoms with Crippen LogP contribution in [0.25, 0.3) is 10.4 Å². The fourth-order valence-corrected chi connectivity index (χ4v) is 2.70. The van der Waals surface area contributed by atoms with E-state index in [1.54, 1.807) is 0 Å². The van der Waals surface area contributed by atoms with Gasteiger partial charge in [0.1, 0.15) is 0 Å². The van der Waals surface area contributed by atoms with Crippen LogP contribution in [0.2, 0.25) is 0 Å². The quantitative estimate of drug-likeness (QED) is 0.759. The van der Waals surface area contributed by atoms with Crippen LogP contribution in [0.1, 0.15) is 24.5 Å². The minimum Gasteiger partial charge on any atom is -0.246 e. The number of hydrogen-bond donors (Lipinski definition) is 0. The van der Waals surface area contributed by atoms with Crippen molar-refractivity contribution in [2.24, 2.45) is 0 Å². The zero-order chi connectivity index (χ0) is 10.7. The molecule has 0 unspecified atom stereocenters. The molecule has 0 saturated carbocycles. The Morgan fingerprint density at radius 1 is 1.07 bits per heavy atom. The van der Waals surface area contributed by atoms with Crippen molar-refractivity contribution in [1.82, 2.24) is 4.98 Å². The van der Waals surface area contributed by atoms with Crippen LogP contribution >= 0.6 is 11.3 Å². The molecule has 0 fully saturated rings. The predicted molar refractivity (Wildman–Crippen MR) is 66.3 cm³/mol. The summed E-state index contributed by atoms with van der Waals surface area (Å²) < 4.78 is 0. The lowest BCUT2D eigenvalue weighted by Gasteiger charge is -1.98. The smallest absolute Gasteiger partial charge is 0.0931 e. The molecule has 1 aromatic heterocycles. The molecule has 0 spiro atoms. The van der Waals surface area contributed by atoms with Gasteiger partial charge in [-0.15, -0.1) is 11.3 Å². The second kappa shape index (κ2) is 4.58. The Bertz CT molecular complexity index is 431. The Morgan fingerprint density at radius 2 is 1.80 bits per heavy atom. The summed E-state index contributed by atoms with van der Waals surface area (Å²) in [7, 11) is 0. The van der Waals surface area contributed by atoms with Crippen molar-refractivity contribution in [3.8, 4) is 10.4 Å². The molecule has 0 saturated heterocycles. The Kier molecular flexibility index (Phi) is 3.17. The lowest BCUT2D eigenvalue weighted by atomic mass is 10.1. The normalized spacial score (nSPS) is 10.5. The minimum absolute atomic E-state index is 1.01. The molecule has 1 nitrogen and oxygen atoms in total. The standard InChI is InChI=1S/C13H15NS/c1-3-11-13(15-12(4-2)14-11)10-8-6-5-7-9-10/h5-9H,3-4H2,1-2H3. The molecule has 1 heterocycles. The van der Waals surface area contributed by atoms with E-state index in [4.69, 9.17) is 0 Å². The van der Waals surface area contributed by atoms with E-state index < -0.39 is 0 Å². The molecule has 2 rings (SSSR count). The van der Waals surface area contributed by atoms with E-state index in [2.05, 4.69) is 49.2 Å². The SMILES string of the molecule is CCc1nc(CC)c(-c2ccccc2)s1. The monoisotopic (exact) mass is 217 g/mol. The molecule has 2 aromatic rings. The van der Waals surface area contributed by atoms with Crippen LogP contribution in [0, 0.1) is 0 Å². The molecule has 78 valence electrons. The maximum absolute atomic E-state index is 4.64. The highest BCUT2D eigenvalue weighted by Crippen LogP contribution is 2.30. The first-order valence-electron chi connectivity index (χ1n) is 5.39. The van der Waals surface area contributed by atoms with Gasteiger partial charge in [-0.25, -0.2) is 4.98 Å². The van der Waals surface area contributed by atoms with Crippen molar-refractivity contribution >= 4 is 11.3 Å². The largest absolute Gasteiger partial charge is 0.246 e. The van der Waals surface area contributed by atoms with Gasteiger partial charge < -0.3 is 0 Å². The molecule has 0 radical (unpaired) electrons. The summed E-state index contributed by atoms with van der Waals surface area (Å²) in [5.41, 5.74) is 2.54. The number of aromatic nitrogens is 1. The zero-order valence-electron chi connectivity index (χ0n) is 9.16. The van der Waals surface area contributed by atoms with Crippen LogP contribution in [0.5, 0.6) is 0 Å². The highest BCUT2D eigenvalue weighted by atomic mass is 32.1. The molecule has 0 aliphatic rings. The average Bonchev–Trinajstić information content (AvgIpc) is 2.73. The van der Waals surface area contributed by atoms with E-state index in [-0.39, 0.29) is 0 Å². The third-order valence-electron chi connectivity index (χ3n) is 2.41. The van der Waals surface area contributed by atoms with Gasteiger partial charge in [-0.3, -0.25) is 0 Å². The summed E-state index contributed by atoms with van der Waals surface area (Å²) in [6, 6.07) is 10.5. The Balaban J connectivity index is 2.47. The molecule has 0 aliphatic heterocycles. The topological polar surface area (TPSA) is 12.9 Å². The Morgan fingerprint density at radius 3 is 2.40 bits per heavy atom. The molecule has 0 aliphatic carbocycles. The Hall–Kier alpha value is -1.15. The molecular weight excluding hydrogens is 202 g/mol. The van der Waals surface area contributed by atoms with Gasteiger partial charge >= 0.3 is 0 Å². The van der Waals surface area contributed by atoms with E-state index >= 15 is 0 Å². The maximum Gasteiger partial charge on any atom is 0.0931 e. The highest BCUT2D eigenvalue weighted by Gasteiger charge is 2.09. The fourth-order valence-electron chi connectivity index (χ4n) is 1.61. The molecular formula is C13H15NS. The number of aryl methyl sites for hydroxylation is 2. The van der Waals surface area contributed by atoms with Crippen LogP contribution in [0.3, 0.4) is 0 Å². The van der Waals surface area contributed by atoms with E-state index in [1.165, 1.54) is 21.1 Å². The van der Waals surface area contributed by atoms with Gasteiger partial charge in [0.05, 0.1) is 15.6 Å². The molecule has 0 atom stereocenters. The summed E-state index contributed by atoms with van der Waals surface area (Å²) in [5, 5.41) is 1.24. The van der Waals surface area contributed by atoms with Crippen molar-refractivity contribution in [2.75, 3.05) is 0 Å². The molecule has 0 N–H and O–H groups in total. The second-order valence-corrected chi connectivity index (χ2v) is 4.54. The third kappa shape index (κ3) is 2.10. The maximum atomic E-state index is 4.64. The van der Waals surface area contributed by atoms with Crippen LogP contribution in [0.4, 0.5) is 0 Å². The average molecular weight is 217 g/mol. The van der Waals surface area contributed by atoms with E-state index in [9.17, 15) is 0 Å². The summed E-state index contributed by atoms with van der Waals surface area (Å²) in [5.74, 6) is 0. The van der Waals surface area contributed by atoms with Gasteiger partial charge in [0.2, 0.25) is 0 Å². The Labute approximate surface area is 94.8 Å². The number of nitrogens with zero attached hydrogens (tertiary/aromatic N) is 1. The first-order valence-corrected chi connectivity index (χ1v) is 6.20. The fraction of sp³-hybridized carbons (Fsp3) is 0.308. The third-order valence-corrected chi connectivity index (χ3v) is 3.71. The molecule has 0 bridgehead atoms. The highest BCUT2D eigenvalue weighted by molar-refractivity contribution is 7.15. The van der Waals surface area contributed by atoms with Crippen LogP contribution in [-0.2, 0) is 12.8 Å². The zero-order valence-corrected chi connectivity index (χ0v) is 9.97. The second-order valence-electron chi connectivity index (χ2n) is 3.46. The first-order chi connectivity index (χ1) is 7.35. The molecule has 1 aromatic carbocycles. The van der Waals surface area contributed by atoms with Crippen LogP contribution in [0.15, 0.2) is 30.3 Å².